The minimum absolute atomic E-state index is 0.255. The average molecular weight is 374 g/mol. The number of benzene rings is 1. The first-order valence-electron chi connectivity index (χ1n) is 7.73. The van der Waals surface area contributed by atoms with Gasteiger partial charge in [0.2, 0.25) is 0 Å². The number of nitrogens with one attached hydrogen (secondary N) is 1. The lowest BCUT2D eigenvalue weighted by Crippen LogP contribution is -2.29. The molecular formula is C18H15FN2O4S. The highest BCUT2D eigenvalue weighted by Gasteiger charge is 2.21. The van der Waals surface area contributed by atoms with Gasteiger partial charge in [0, 0.05) is 10.9 Å². The van der Waals surface area contributed by atoms with Gasteiger partial charge in [-0.3, -0.25) is 4.79 Å². The standard InChI is InChI=1S/C18H15FN2O4S/c1-10-9-16(21-25-10)20-17(22)11(2)24-18(23)15-8-7-14(26-15)12-3-5-13(19)6-4-12/h3-9,11H,1-2H3,(H,20,21,22)/t11-/m0/s1. The van der Waals surface area contributed by atoms with Crippen LogP contribution in [0.25, 0.3) is 10.4 Å². The SMILES string of the molecule is Cc1cc(NC(=O)[C@H](C)OC(=O)c2ccc(-c3ccc(F)cc3)s2)no1. The fraction of sp³-hybridized carbons (Fsp3) is 0.167. The zero-order valence-corrected chi connectivity index (χ0v) is 14.8. The smallest absolute Gasteiger partial charge is 0.349 e. The van der Waals surface area contributed by atoms with Gasteiger partial charge in [-0.1, -0.05) is 17.3 Å². The molecule has 134 valence electrons. The maximum absolute atomic E-state index is 13.0. The summed E-state index contributed by atoms with van der Waals surface area (Å²) < 4.78 is 23.0. The van der Waals surface area contributed by atoms with E-state index in [9.17, 15) is 14.0 Å². The average Bonchev–Trinajstić information content (AvgIpc) is 3.25. The number of esters is 1. The number of aryl methyl sites for hydroxylation is 1. The topological polar surface area (TPSA) is 81.4 Å². The zero-order valence-electron chi connectivity index (χ0n) is 14.0. The molecule has 0 bridgehead atoms. The predicted molar refractivity (Wildman–Crippen MR) is 94.5 cm³/mol. The fourth-order valence-corrected chi connectivity index (χ4v) is 3.04. The molecule has 0 saturated carbocycles. The molecular weight excluding hydrogens is 359 g/mol. The number of amides is 1. The highest BCUT2D eigenvalue weighted by molar-refractivity contribution is 7.17. The first-order chi connectivity index (χ1) is 12.4. The third kappa shape index (κ3) is 4.15. The second-order valence-corrected chi connectivity index (χ2v) is 6.61. The summed E-state index contributed by atoms with van der Waals surface area (Å²) in [4.78, 5) is 25.4. The Morgan fingerprint density at radius 3 is 2.62 bits per heavy atom. The number of aromatic nitrogens is 1. The molecule has 0 aliphatic heterocycles. The third-order valence-electron chi connectivity index (χ3n) is 3.47. The minimum Gasteiger partial charge on any atom is -0.448 e. The van der Waals surface area contributed by atoms with Gasteiger partial charge in [-0.2, -0.15) is 0 Å². The molecule has 6 nitrogen and oxygen atoms in total. The van der Waals surface area contributed by atoms with E-state index in [2.05, 4.69) is 10.5 Å². The predicted octanol–water partition coefficient (Wildman–Crippen LogP) is 4.03. The Hall–Kier alpha value is -3.00. The first-order valence-corrected chi connectivity index (χ1v) is 8.55. The Balaban J connectivity index is 1.62. The lowest BCUT2D eigenvalue weighted by atomic mass is 10.2. The van der Waals surface area contributed by atoms with Gasteiger partial charge >= 0.3 is 5.97 Å². The maximum Gasteiger partial charge on any atom is 0.349 e. The number of ether oxygens (including phenoxy) is 1. The van der Waals surface area contributed by atoms with E-state index in [-0.39, 0.29) is 11.6 Å². The van der Waals surface area contributed by atoms with Crippen LogP contribution < -0.4 is 5.32 Å². The Bertz CT molecular complexity index is 933. The molecule has 1 atom stereocenters. The molecule has 2 aromatic heterocycles. The lowest BCUT2D eigenvalue weighted by molar-refractivity contribution is -0.123. The maximum atomic E-state index is 13.0. The molecule has 26 heavy (non-hydrogen) atoms. The van der Waals surface area contributed by atoms with Crippen LogP contribution in [-0.2, 0) is 9.53 Å². The number of halogens is 1. The highest BCUT2D eigenvalue weighted by atomic mass is 32.1. The van der Waals surface area contributed by atoms with E-state index < -0.39 is 18.0 Å². The molecule has 2 heterocycles. The van der Waals surface area contributed by atoms with Gasteiger partial charge < -0.3 is 14.6 Å². The van der Waals surface area contributed by atoms with Crippen LogP contribution in [0.15, 0.2) is 47.0 Å². The van der Waals surface area contributed by atoms with Crippen molar-refractivity contribution < 1.29 is 23.2 Å². The summed E-state index contributed by atoms with van der Waals surface area (Å²) in [6, 6.07) is 10.9. The van der Waals surface area contributed by atoms with Crippen molar-refractivity contribution in [3.05, 3.63) is 58.9 Å². The Morgan fingerprint density at radius 1 is 1.23 bits per heavy atom. The summed E-state index contributed by atoms with van der Waals surface area (Å²) in [5.74, 6) is -0.640. The number of hydrogen-bond donors (Lipinski definition) is 1. The van der Waals surface area contributed by atoms with Crippen LogP contribution >= 0.6 is 11.3 Å². The van der Waals surface area contributed by atoms with Crippen molar-refractivity contribution in [1.82, 2.24) is 5.16 Å². The van der Waals surface area contributed by atoms with Crippen LogP contribution in [0.4, 0.5) is 10.2 Å². The normalized spacial score (nSPS) is 11.8. The van der Waals surface area contributed by atoms with Crippen LogP contribution in [0.3, 0.4) is 0 Å². The minimum atomic E-state index is -1.00. The monoisotopic (exact) mass is 374 g/mol. The Kier molecular flexibility index (Phi) is 5.13. The molecule has 8 heteroatoms. The van der Waals surface area contributed by atoms with Crippen molar-refractivity contribution in [1.29, 1.82) is 0 Å². The van der Waals surface area contributed by atoms with Crippen molar-refractivity contribution in [2.45, 2.75) is 20.0 Å². The summed E-state index contributed by atoms with van der Waals surface area (Å²) in [5.41, 5.74) is 0.794. The van der Waals surface area contributed by atoms with Crippen LogP contribution in [0.5, 0.6) is 0 Å². The first kappa shape index (κ1) is 17.8. The molecule has 3 rings (SSSR count). The van der Waals surface area contributed by atoms with E-state index in [1.807, 2.05) is 0 Å². The van der Waals surface area contributed by atoms with Gasteiger partial charge in [0.1, 0.15) is 16.5 Å². The van der Waals surface area contributed by atoms with Crippen molar-refractivity contribution in [3.8, 4) is 10.4 Å². The van der Waals surface area contributed by atoms with Crippen LogP contribution in [0, 0.1) is 12.7 Å². The third-order valence-corrected chi connectivity index (χ3v) is 4.58. The van der Waals surface area contributed by atoms with Gasteiger partial charge in [-0.15, -0.1) is 11.3 Å². The Labute approximate surface area is 152 Å². The summed E-state index contributed by atoms with van der Waals surface area (Å²) in [7, 11) is 0. The second-order valence-electron chi connectivity index (χ2n) is 5.53. The molecule has 1 N–H and O–H groups in total. The van der Waals surface area contributed by atoms with Crippen molar-refractivity contribution in [3.63, 3.8) is 0 Å². The molecule has 1 aromatic carbocycles. The summed E-state index contributed by atoms with van der Waals surface area (Å²) in [6.45, 7) is 3.16. The molecule has 3 aromatic rings. The van der Waals surface area contributed by atoms with E-state index in [1.54, 1.807) is 37.3 Å². The summed E-state index contributed by atoms with van der Waals surface area (Å²) >= 11 is 1.20. The van der Waals surface area contributed by atoms with Crippen LogP contribution in [0.1, 0.15) is 22.4 Å². The van der Waals surface area contributed by atoms with Crippen LogP contribution in [0.2, 0.25) is 0 Å². The molecule has 0 fully saturated rings. The number of anilines is 1. The van der Waals surface area contributed by atoms with E-state index in [0.29, 0.717) is 10.6 Å². The summed E-state index contributed by atoms with van der Waals surface area (Å²) in [6.07, 6.45) is -1.00. The number of carbonyl (C=O) groups is 2. The molecule has 0 aliphatic carbocycles. The Morgan fingerprint density at radius 2 is 1.96 bits per heavy atom. The highest BCUT2D eigenvalue weighted by Crippen LogP contribution is 2.28. The number of nitrogens with zero attached hydrogens (tertiary/aromatic N) is 1. The fourth-order valence-electron chi connectivity index (χ4n) is 2.14. The van der Waals surface area contributed by atoms with Crippen molar-refractivity contribution in [2.75, 3.05) is 5.32 Å². The van der Waals surface area contributed by atoms with Gasteiger partial charge in [0.05, 0.1) is 0 Å². The van der Waals surface area contributed by atoms with E-state index in [0.717, 1.165) is 10.4 Å². The van der Waals surface area contributed by atoms with Gasteiger partial charge in [0.15, 0.2) is 11.9 Å². The number of rotatable bonds is 5. The van der Waals surface area contributed by atoms with Crippen molar-refractivity contribution in [2.24, 2.45) is 0 Å². The second kappa shape index (κ2) is 7.49. The largest absolute Gasteiger partial charge is 0.448 e. The molecule has 0 saturated heterocycles. The summed E-state index contributed by atoms with van der Waals surface area (Å²) in [5, 5.41) is 6.15. The number of carbonyl (C=O) groups excluding carboxylic acids is 2. The van der Waals surface area contributed by atoms with Crippen LogP contribution in [-0.4, -0.2) is 23.1 Å². The molecule has 0 spiro atoms. The van der Waals surface area contributed by atoms with E-state index in [1.165, 1.54) is 30.4 Å². The number of hydrogen-bond acceptors (Lipinski definition) is 6. The van der Waals surface area contributed by atoms with Gasteiger partial charge in [-0.05, 0) is 43.7 Å². The molecule has 0 unspecified atom stereocenters. The molecule has 0 radical (unpaired) electrons. The molecule has 0 aliphatic rings. The van der Waals surface area contributed by atoms with E-state index >= 15 is 0 Å². The zero-order chi connectivity index (χ0) is 18.7. The quantitative estimate of drug-likeness (QED) is 0.682. The van der Waals surface area contributed by atoms with Gasteiger partial charge in [0.25, 0.3) is 5.91 Å². The van der Waals surface area contributed by atoms with Crippen molar-refractivity contribution >= 4 is 29.0 Å². The van der Waals surface area contributed by atoms with E-state index in [4.69, 9.17) is 9.26 Å². The molecule has 1 amide bonds. The van der Waals surface area contributed by atoms with Gasteiger partial charge in [-0.25, -0.2) is 9.18 Å². The number of thiophene rings is 1. The lowest BCUT2D eigenvalue weighted by Gasteiger charge is -2.11.